The smallest absolute Gasteiger partial charge is 0.116 e. The zero-order chi connectivity index (χ0) is 15.6. The molecule has 0 aliphatic carbocycles. The van der Waals surface area contributed by atoms with Crippen molar-refractivity contribution in [1.82, 2.24) is 9.88 Å². The van der Waals surface area contributed by atoms with Crippen molar-refractivity contribution >= 4 is 10.9 Å². The van der Waals surface area contributed by atoms with Crippen molar-refractivity contribution in [1.29, 1.82) is 0 Å². The summed E-state index contributed by atoms with van der Waals surface area (Å²) in [6.07, 6.45) is 4.79. The standard InChI is InChI=1S/C19H22N2O2/c1-11-16-10-21-7-5-12(16)8-18(21)19(23-11)14-4-6-20-17-3-2-13(22)9-15(14)17/h2-4,6,9,11-12,16,18-19,22H,5,7-8,10H2,1H3/t11?,12-,16+,18+,19-/m0/s1. The molecule has 1 aromatic heterocycles. The van der Waals surface area contributed by atoms with E-state index in [2.05, 4.69) is 22.9 Å². The van der Waals surface area contributed by atoms with Gasteiger partial charge in [-0.05, 0) is 62.1 Å². The number of nitrogens with zero attached hydrogens (tertiary/aromatic N) is 2. The zero-order valence-electron chi connectivity index (χ0n) is 13.4. The number of rotatable bonds is 1. The van der Waals surface area contributed by atoms with Gasteiger partial charge < -0.3 is 9.84 Å². The SMILES string of the molecule is CC1O[C@@H](c2ccnc3ccc(O)cc23)[C@H]2C[C@@H]3CCN2C[C@H]13. The number of ether oxygens (including phenoxy) is 1. The molecule has 1 N–H and O–H groups in total. The van der Waals surface area contributed by atoms with Gasteiger partial charge in [-0.1, -0.05) is 0 Å². The van der Waals surface area contributed by atoms with Gasteiger partial charge in [0.1, 0.15) is 5.75 Å². The average Bonchev–Trinajstić information content (AvgIpc) is 2.78. The number of piperidine rings is 3. The van der Waals surface area contributed by atoms with E-state index in [4.69, 9.17) is 4.74 Å². The van der Waals surface area contributed by atoms with Crippen molar-refractivity contribution in [3.05, 3.63) is 36.0 Å². The second kappa shape index (κ2) is 4.92. The lowest BCUT2D eigenvalue weighted by Crippen LogP contribution is -2.54. The lowest BCUT2D eigenvalue weighted by atomic mass is 9.73. The van der Waals surface area contributed by atoms with E-state index in [1.54, 1.807) is 6.07 Å². The van der Waals surface area contributed by atoms with Gasteiger partial charge in [0.15, 0.2) is 0 Å². The van der Waals surface area contributed by atoms with Crippen molar-refractivity contribution in [3.8, 4) is 5.75 Å². The van der Waals surface area contributed by atoms with E-state index in [1.807, 2.05) is 18.3 Å². The first-order valence-corrected chi connectivity index (χ1v) is 8.68. The van der Waals surface area contributed by atoms with Crippen LogP contribution in [0.25, 0.3) is 10.9 Å². The Morgan fingerprint density at radius 2 is 2.22 bits per heavy atom. The minimum Gasteiger partial charge on any atom is -0.508 e. The third kappa shape index (κ3) is 2.01. The number of pyridine rings is 1. The maximum Gasteiger partial charge on any atom is 0.116 e. The molecule has 120 valence electrons. The highest BCUT2D eigenvalue weighted by Crippen LogP contribution is 2.48. The Bertz CT molecular complexity index is 762. The summed E-state index contributed by atoms with van der Waals surface area (Å²) in [5, 5.41) is 10.9. The van der Waals surface area contributed by atoms with Gasteiger partial charge >= 0.3 is 0 Å². The number of hydrogen-bond donors (Lipinski definition) is 1. The summed E-state index contributed by atoms with van der Waals surface area (Å²) in [5.41, 5.74) is 2.10. The topological polar surface area (TPSA) is 45.6 Å². The Hall–Kier alpha value is -1.65. The fourth-order valence-electron chi connectivity index (χ4n) is 5.06. The van der Waals surface area contributed by atoms with Crippen molar-refractivity contribution in [2.75, 3.05) is 13.1 Å². The Balaban J connectivity index is 1.65. The second-order valence-electron chi connectivity index (χ2n) is 7.37. The van der Waals surface area contributed by atoms with Gasteiger partial charge in [-0.3, -0.25) is 9.88 Å². The third-order valence-corrected chi connectivity index (χ3v) is 6.23. The van der Waals surface area contributed by atoms with E-state index in [0.29, 0.717) is 23.8 Å². The summed E-state index contributed by atoms with van der Waals surface area (Å²) in [6.45, 7) is 4.62. The number of hydrogen-bond acceptors (Lipinski definition) is 4. The molecule has 4 heteroatoms. The maximum absolute atomic E-state index is 9.92. The molecule has 0 radical (unpaired) electrons. The molecule has 5 aliphatic rings. The Kier molecular flexibility index (Phi) is 2.94. The summed E-state index contributed by atoms with van der Waals surface area (Å²) in [4.78, 5) is 7.08. The molecule has 4 nitrogen and oxygen atoms in total. The molecule has 5 fully saturated rings. The Morgan fingerprint density at radius 3 is 3.04 bits per heavy atom. The molecule has 2 unspecified atom stereocenters. The first-order valence-electron chi connectivity index (χ1n) is 8.68. The fourth-order valence-corrected chi connectivity index (χ4v) is 5.06. The summed E-state index contributed by atoms with van der Waals surface area (Å²) in [5.74, 6) is 1.78. The molecule has 1 aromatic carbocycles. The van der Waals surface area contributed by atoms with Crippen LogP contribution in [0.2, 0.25) is 0 Å². The number of aromatic nitrogens is 1. The molecule has 0 amide bonds. The largest absolute Gasteiger partial charge is 0.508 e. The predicted octanol–water partition coefficient (Wildman–Crippen LogP) is 3.11. The highest BCUT2D eigenvalue weighted by Gasteiger charge is 2.49. The van der Waals surface area contributed by atoms with E-state index in [9.17, 15) is 5.11 Å². The minimum absolute atomic E-state index is 0.0765. The molecule has 6 heterocycles. The first-order chi connectivity index (χ1) is 11.2. The van der Waals surface area contributed by atoms with Crippen molar-refractivity contribution in [2.45, 2.75) is 38.0 Å². The van der Waals surface area contributed by atoms with Crippen LogP contribution >= 0.6 is 0 Å². The van der Waals surface area contributed by atoms with Crippen molar-refractivity contribution < 1.29 is 9.84 Å². The van der Waals surface area contributed by atoms with Gasteiger partial charge in [0.05, 0.1) is 17.7 Å². The molecule has 6 atom stereocenters. The van der Waals surface area contributed by atoms with Gasteiger partial charge in [0, 0.05) is 30.1 Å². The minimum atomic E-state index is 0.0765. The lowest BCUT2D eigenvalue weighted by molar-refractivity contribution is -0.0213. The maximum atomic E-state index is 9.92. The quantitative estimate of drug-likeness (QED) is 0.879. The van der Waals surface area contributed by atoms with Crippen LogP contribution < -0.4 is 0 Å². The number of phenols is 1. The monoisotopic (exact) mass is 310 g/mol. The van der Waals surface area contributed by atoms with Crippen LogP contribution in [0.3, 0.4) is 0 Å². The molecule has 2 aromatic rings. The number of aromatic hydroxyl groups is 1. The summed E-state index contributed by atoms with van der Waals surface area (Å²) < 4.78 is 6.56. The zero-order valence-corrected chi connectivity index (χ0v) is 13.4. The molecule has 5 saturated heterocycles. The van der Waals surface area contributed by atoms with Gasteiger partial charge in [-0.2, -0.15) is 0 Å². The normalized spacial score (nSPS) is 38.8. The van der Waals surface area contributed by atoms with Crippen molar-refractivity contribution in [2.24, 2.45) is 11.8 Å². The van der Waals surface area contributed by atoms with E-state index < -0.39 is 0 Å². The average molecular weight is 310 g/mol. The summed E-state index contributed by atoms with van der Waals surface area (Å²) >= 11 is 0. The molecule has 5 aliphatic heterocycles. The van der Waals surface area contributed by atoms with E-state index in [-0.39, 0.29) is 6.10 Å². The predicted molar refractivity (Wildman–Crippen MR) is 88.3 cm³/mol. The molecule has 4 bridgehead atoms. The molecule has 0 spiro atoms. The van der Waals surface area contributed by atoms with Crippen LogP contribution in [0.15, 0.2) is 30.5 Å². The van der Waals surface area contributed by atoms with Crippen LogP contribution in [-0.2, 0) is 4.74 Å². The van der Waals surface area contributed by atoms with Crippen LogP contribution in [0, 0.1) is 11.8 Å². The Morgan fingerprint density at radius 1 is 1.30 bits per heavy atom. The van der Waals surface area contributed by atoms with Gasteiger partial charge in [-0.25, -0.2) is 0 Å². The number of benzene rings is 1. The van der Waals surface area contributed by atoms with E-state index in [0.717, 1.165) is 16.8 Å². The number of fused-ring (bicyclic) bond motifs is 4. The Labute approximate surface area is 136 Å². The molecular formula is C19H22N2O2. The number of phenolic OH excluding ortho intramolecular Hbond substituents is 1. The highest BCUT2D eigenvalue weighted by atomic mass is 16.5. The second-order valence-corrected chi connectivity index (χ2v) is 7.37. The first kappa shape index (κ1) is 13.8. The van der Waals surface area contributed by atoms with Crippen LogP contribution in [0.4, 0.5) is 0 Å². The third-order valence-electron chi connectivity index (χ3n) is 6.23. The van der Waals surface area contributed by atoms with E-state index >= 15 is 0 Å². The highest BCUT2D eigenvalue weighted by molar-refractivity contribution is 5.83. The van der Waals surface area contributed by atoms with Crippen LogP contribution in [-0.4, -0.2) is 40.2 Å². The van der Waals surface area contributed by atoms with Crippen LogP contribution in [0.5, 0.6) is 5.75 Å². The van der Waals surface area contributed by atoms with Crippen molar-refractivity contribution in [3.63, 3.8) is 0 Å². The van der Waals surface area contributed by atoms with Gasteiger partial charge in [0.2, 0.25) is 0 Å². The fraction of sp³-hybridized carbons (Fsp3) is 0.526. The van der Waals surface area contributed by atoms with E-state index in [1.165, 1.54) is 31.5 Å². The molecule has 23 heavy (non-hydrogen) atoms. The van der Waals surface area contributed by atoms with Gasteiger partial charge in [-0.15, -0.1) is 0 Å². The lowest BCUT2D eigenvalue weighted by Gasteiger charge is -2.48. The summed E-state index contributed by atoms with van der Waals surface area (Å²) in [7, 11) is 0. The van der Waals surface area contributed by atoms with Crippen LogP contribution in [0.1, 0.15) is 31.4 Å². The van der Waals surface area contributed by atoms with Gasteiger partial charge in [0.25, 0.3) is 0 Å². The summed E-state index contributed by atoms with van der Waals surface area (Å²) in [6, 6.07) is 7.96. The molecule has 7 rings (SSSR count). The molecular weight excluding hydrogens is 288 g/mol. The molecule has 0 saturated carbocycles.